The molecule has 1 heterocycles. The van der Waals surface area contributed by atoms with Crippen LogP contribution >= 0.6 is 22.9 Å². The molecule has 0 radical (unpaired) electrons. The van der Waals surface area contributed by atoms with Crippen LogP contribution in [0.5, 0.6) is 11.5 Å². The maximum absolute atomic E-state index is 12.4. The molecule has 0 saturated carbocycles. The number of rotatable bonds is 3. The van der Waals surface area contributed by atoms with E-state index in [-0.39, 0.29) is 5.91 Å². The van der Waals surface area contributed by atoms with Gasteiger partial charge in [-0.25, -0.2) is 0 Å². The number of ether oxygens (including phenoxy) is 2. The number of hydrogen-bond donors (Lipinski definition) is 0. The summed E-state index contributed by atoms with van der Waals surface area (Å²) in [4.78, 5) is 17.2. The molecular formula is C17H15ClN2O3S. The smallest absolute Gasteiger partial charge is 0.281 e. The summed E-state index contributed by atoms with van der Waals surface area (Å²) in [6, 6.07) is 10.6. The number of methoxy groups -OCH3 is 2. The number of carbonyl (C=O) groups excluding carboxylic acids is 1. The van der Waals surface area contributed by atoms with E-state index in [1.807, 2.05) is 23.7 Å². The van der Waals surface area contributed by atoms with Crippen LogP contribution < -0.4 is 14.3 Å². The lowest BCUT2D eigenvalue weighted by Gasteiger charge is -2.07. The molecule has 5 nitrogen and oxygen atoms in total. The van der Waals surface area contributed by atoms with Gasteiger partial charge in [-0.15, -0.1) is 0 Å². The van der Waals surface area contributed by atoms with Crippen molar-refractivity contribution in [3.63, 3.8) is 0 Å². The molecule has 0 aliphatic carbocycles. The summed E-state index contributed by atoms with van der Waals surface area (Å²) in [7, 11) is 5.02. The number of amides is 1. The van der Waals surface area contributed by atoms with E-state index in [0.29, 0.717) is 26.9 Å². The first-order valence-corrected chi connectivity index (χ1v) is 8.29. The normalized spacial score (nSPS) is 11.8. The van der Waals surface area contributed by atoms with Crippen LogP contribution in [0, 0.1) is 0 Å². The van der Waals surface area contributed by atoms with Crippen molar-refractivity contribution >= 4 is 39.1 Å². The Bertz CT molecular complexity index is 991. The fourth-order valence-electron chi connectivity index (χ4n) is 2.34. The molecule has 3 rings (SSSR count). The van der Waals surface area contributed by atoms with E-state index in [2.05, 4.69) is 4.99 Å². The second-order valence-corrected chi connectivity index (χ2v) is 6.43. The SMILES string of the molecule is COc1cc2sc(=NC(=O)c3ccccc3Cl)n(C)c2cc1OC. The highest BCUT2D eigenvalue weighted by molar-refractivity contribution is 7.16. The summed E-state index contributed by atoms with van der Waals surface area (Å²) in [6.45, 7) is 0. The Morgan fingerprint density at radius 3 is 2.50 bits per heavy atom. The minimum atomic E-state index is -0.373. The maximum atomic E-state index is 12.4. The van der Waals surface area contributed by atoms with Crippen LogP contribution in [0.2, 0.25) is 5.02 Å². The first-order valence-electron chi connectivity index (χ1n) is 7.10. The quantitative estimate of drug-likeness (QED) is 0.714. The van der Waals surface area contributed by atoms with Crippen LogP contribution in [-0.4, -0.2) is 24.7 Å². The van der Waals surface area contributed by atoms with E-state index in [4.69, 9.17) is 21.1 Å². The average Bonchev–Trinajstić information content (AvgIpc) is 2.89. The highest BCUT2D eigenvalue weighted by atomic mass is 35.5. The Balaban J connectivity index is 2.15. The van der Waals surface area contributed by atoms with Gasteiger partial charge in [-0.3, -0.25) is 4.79 Å². The maximum Gasteiger partial charge on any atom is 0.281 e. The fraction of sp³-hybridized carbons (Fsp3) is 0.176. The van der Waals surface area contributed by atoms with Crippen molar-refractivity contribution in [3.05, 3.63) is 51.8 Å². The third-order valence-electron chi connectivity index (χ3n) is 3.62. The van der Waals surface area contributed by atoms with Gasteiger partial charge in [0.15, 0.2) is 16.3 Å². The van der Waals surface area contributed by atoms with Gasteiger partial charge in [0.25, 0.3) is 5.91 Å². The van der Waals surface area contributed by atoms with E-state index in [1.165, 1.54) is 11.3 Å². The van der Waals surface area contributed by atoms with Crippen LogP contribution in [0.15, 0.2) is 41.4 Å². The van der Waals surface area contributed by atoms with Crippen molar-refractivity contribution in [2.24, 2.45) is 12.0 Å². The molecule has 1 amide bonds. The van der Waals surface area contributed by atoms with Crippen LogP contribution in [0.25, 0.3) is 10.2 Å². The third-order valence-corrected chi connectivity index (χ3v) is 5.04. The number of halogens is 1. The molecule has 0 atom stereocenters. The van der Waals surface area contributed by atoms with Crippen LogP contribution in [0.4, 0.5) is 0 Å². The summed E-state index contributed by atoms with van der Waals surface area (Å²) < 4.78 is 13.4. The standard InChI is InChI=1S/C17H15ClN2O3S/c1-20-12-8-13(22-2)14(23-3)9-15(12)24-17(20)19-16(21)10-6-4-5-7-11(10)18/h4-9H,1-3H3. The number of aromatic nitrogens is 1. The van der Waals surface area contributed by atoms with Crippen LogP contribution in [0.1, 0.15) is 10.4 Å². The van der Waals surface area contributed by atoms with Crippen molar-refractivity contribution in [2.45, 2.75) is 0 Å². The molecule has 0 N–H and O–H groups in total. The lowest BCUT2D eigenvalue weighted by molar-refractivity contribution is 0.0998. The predicted octanol–water partition coefficient (Wildman–Crippen LogP) is 3.65. The molecule has 0 aliphatic rings. The summed E-state index contributed by atoms with van der Waals surface area (Å²) in [5.41, 5.74) is 1.29. The molecule has 0 aliphatic heterocycles. The summed E-state index contributed by atoms with van der Waals surface area (Å²) in [5, 5.41) is 0.387. The van der Waals surface area contributed by atoms with Gasteiger partial charge in [0.05, 0.1) is 35.0 Å². The number of carbonyl (C=O) groups is 1. The zero-order valence-electron chi connectivity index (χ0n) is 13.4. The van der Waals surface area contributed by atoms with E-state index < -0.39 is 0 Å². The summed E-state index contributed by atoms with van der Waals surface area (Å²) >= 11 is 7.46. The first-order chi connectivity index (χ1) is 11.5. The molecule has 1 aromatic heterocycles. The van der Waals surface area contributed by atoms with Gasteiger partial charge in [0.2, 0.25) is 0 Å². The Kier molecular flexibility index (Phi) is 4.59. The molecule has 0 spiro atoms. The number of thiazole rings is 1. The highest BCUT2D eigenvalue weighted by Gasteiger charge is 2.13. The van der Waals surface area contributed by atoms with Crippen molar-refractivity contribution < 1.29 is 14.3 Å². The van der Waals surface area contributed by atoms with Crippen molar-refractivity contribution in [2.75, 3.05) is 14.2 Å². The number of hydrogen-bond acceptors (Lipinski definition) is 4. The molecule has 7 heteroatoms. The van der Waals surface area contributed by atoms with E-state index in [0.717, 1.165) is 10.2 Å². The zero-order chi connectivity index (χ0) is 17.3. The van der Waals surface area contributed by atoms with Crippen molar-refractivity contribution in [3.8, 4) is 11.5 Å². The number of aryl methyl sites for hydroxylation is 1. The monoisotopic (exact) mass is 362 g/mol. The topological polar surface area (TPSA) is 52.8 Å². The van der Waals surface area contributed by atoms with Gasteiger partial charge in [-0.2, -0.15) is 4.99 Å². The summed E-state index contributed by atoms with van der Waals surface area (Å²) in [6.07, 6.45) is 0. The Morgan fingerprint density at radius 1 is 1.17 bits per heavy atom. The van der Waals surface area contributed by atoms with Gasteiger partial charge < -0.3 is 14.0 Å². The van der Waals surface area contributed by atoms with Crippen molar-refractivity contribution in [1.29, 1.82) is 0 Å². The van der Waals surface area contributed by atoms with Crippen LogP contribution in [0.3, 0.4) is 0 Å². The average molecular weight is 363 g/mol. The van der Waals surface area contributed by atoms with Gasteiger partial charge in [0, 0.05) is 19.2 Å². The molecule has 24 heavy (non-hydrogen) atoms. The minimum Gasteiger partial charge on any atom is -0.493 e. The number of nitrogens with zero attached hydrogens (tertiary/aromatic N) is 2. The van der Waals surface area contributed by atoms with Gasteiger partial charge in [-0.1, -0.05) is 35.1 Å². The lowest BCUT2D eigenvalue weighted by Crippen LogP contribution is -2.13. The summed E-state index contributed by atoms with van der Waals surface area (Å²) in [5.74, 6) is 0.889. The third kappa shape index (κ3) is 2.90. The van der Waals surface area contributed by atoms with E-state index >= 15 is 0 Å². The number of fused-ring (bicyclic) bond motifs is 1. The predicted molar refractivity (Wildman–Crippen MR) is 95.2 cm³/mol. The second-order valence-electron chi connectivity index (χ2n) is 5.02. The molecular weight excluding hydrogens is 348 g/mol. The number of benzene rings is 2. The zero-order valence-corrected chi connectivity index (χ0v) is 14.9. The molecule has 3 aromatic rings. The Morgan fingerprint density at radius 2 is 1.83 bits per heavy atom. The molecule has 0 bridgehead atoms. The van der Waals surface area contributed by atoms with E-state index in [1.54, 1.807) is 38.5 Å². The largest absolute Gasteiger partial charge is 0.493 e. The van der Waals surface area contributed by atoms with Gasteiger partial charge >= 0.3 is 0 Å². The molecule has 0 fully saturated rings. The Labute approximate surface area is 147 Å². The molecule has 124 valence electrons. The van der Waals surface area contributed by atoms with Gasteiger partial charge in [-0.05, 0) is 12.1 Å². The molecule has 0 unspecified atom stereocenters. The fourth-order valence-corrected chi connectivity index (χ4v) is 3.59. The molecule has 2 aromatic carbocycles. The Hall–Kier alpha value is -2.31. The van der Waals surface area contributed by atoms with Crippen LogP contribution in [-0.2, 0) is 7.05 Å². The van der Waals surface area contributed by atoms with E-state index in [9.17, 15) is 4.79 Å². The minimum absolute atomic E-state index is 0.373. The van der Waals surface area contributed by atoms with Crippen molar-refractivity contribution in [1.82, 2.24) is 4.57 Å². The second kappa shape index (κ2) is 6.67. The first kappa shape index (κ1) is 16.5. The van der Waals surface area contributed by atoms with Gasteiger partial charge in [0.1, 0.15) is 0 Å². The lowest BCUT2D eigenvalue weighted by atomic mass is 10.2. The molecule has 0 saturated heterocycles. The highest BCUT2D eigenvalue weighted by Crippen LogP contribution is 2.33.